The maximum Gasteiger partial charge on any atom is 0.268 e. The fourth-order valence-corrected chi connectivity index (χ4v) is 3.97. The number of ketones is 1. The van der Waals surface area contributed by atoms with Crippen molar-refractivity contribution in [3.63, 3.8) is 0 Å². The molecule has 0 radical (unpaired) electrons. The van der Waals surface area contributed by atoms with E-state index in [4.69, 9.17) is 0 Å². The van der Waals surface area contributed by atoms with Crippen LogP contribution in [-0.4, -0.2) is 27.1 Å². The van der Waals surface area contributed by atoms with Crippen molar-refractivity contribution in [2.24, 2.45) is 11.3 Å². The van der Waals surface area contributed by atoms with Gasteiger partial charge in [-0.3, -0.25) is 8.98 Å². The lowest BCUT2D eigenvalue weighted by Crippen LogP contribution is -2.33. The number of Topliss-reactive ketones (excluding diaryl/α,β-unsaturated/α-hetero) is 1. The summed E-state index contributed by atoms with van der Waals surface area (Å²) in [5.74, 6) is 0.426. The summed E-state index contributed by atoms with van der Waals surface area (Å²) in [7, 11) is -2.35. The highest BCUT2D eigenvalue weighted by molar-refractivity contribution is 7.86. The second kappa shape index (κ2) is 3.03. The van der Waals surface area contributed by atoms with Gasteiger partial charge in [-0.2, -0.15) is 8.42 Å². The number of hydrogen-bond acceptors (Lipinski definition) is 4. The van der Waals surface area contributed by atoms with Gasteiger partial charge in [-0.25, -0.2) is 0 Å². The molecule has 0 aromatic rings. The zero-order chi connectivity index (χ0) is 10.4. The predicted molar refractivity (Wildman–Crippen MR) is 50.2 cm³/mol. The van der Waals surface area contributed by atoms with Gasteiger partial charge in [-0.1, -0.05) is 0 Å². The molecule has 2 fully saturated rings. The highest BCUT2D eigenvalue weighted by Crippen LogP contribution is 2.52. The monoisotopic (exact) mass is 218 g/mol. The molecule has 2 aliphatic rings. The predicted octanol–water partition coefficient (Wildman–Crippen LogP) is 0.722. The SMILES string of the molecule is COS(=O)(=O)CC12CCC(CC1=O)C2. The summed E-state index contributed by atoms with van der Waals surface area (Å²) in [6, 6.07) is 0. The smallest absolute Gasteiger partial charge is 0.268 e. The van der Waals surface area contributed by atoms with E-state index in [9.17, 15) is 13.2 Å². The lowest BCUT2D eigenvalue weighted by atomic mass is 9.85. The third kappa shape index (κ3) is 1.48. The maximum atomic E-state index is 11.6. The van der Waals surface area contributed by atoms with Crippen LogP contribution in [0.15, 0.2) is 0 Å². The van der Waals surface area contributed by atoms with E-state index in [2.05, 4.69) is 4.18 Å². The molecule has 2 atom stereocenters. The Morgan fingerprint density at radius 1 is 1.57 bits per heavy atom. The topological polar surface area (TPSA) is 60.4 Å². The van der Waals surface area contributed by atoms with Crippen LogP contribution in [0.3, 0.4) is 0 Å². The van der Waals surface area contributed by atoms with Gasteiger partial charge in [-0.15, -0.1) is 0 Å². The van der Waals surface area contributed by atoms with E-state index < -0.39 is 15.5 Å². The van der Waals surface area contributed by atoms with Gasteiger partial charge in [0, 0.05) is 11.8 Å². The molecule has 0 aromatic carbocycles. The van der Waals surface area contributed by atoms with Crippen LogP contribution < -0.4 is 0 Å². The second-order valence-electron chi connectivity index (χ2n) is 4.39. The third-order valence-electron chi connectivity index (χ3n) is 3.48. The molecule has 80 valence electrons. The molecule has 0 heterocycles. The van der Waals surface area contributed by atoms with E-state index in [0.29, 0.717) is 12.3 Å². The van der Waals surface area contributed by atoms with Crippen LogP contribution in [0.25, 0.3) is 0 Å². The first-order valence-corrected chi connectivity index (χ1v) is 6.37. The molecule has 0 aliphatic heterocycles. The van der Waals surface area contributed by atoms with Gasteiger partial charge in [0.25, 0.3) is 10.1 Å². The fraction of sp³-hybridized carbons (Fsp3) is 0.889. The van der Waals surface area contributed by atoms with Crippen LogP contribution in [0.5, 0.6) is 0 Å². The first kappa shape index (κ1) is 10.1. The van der Waals surface area contributed by atoms with Crippen molar-refractivity contribution in [2.45, 2.75) is 25.7 Å². The Hall–Kier alpha value is -0.420. The summed E-state index contributed by atoms with van der Waals surface area (Å²) in [4.78, 5) is 11.6. The Bertz CT molecular complexity index is 359. The first-order valence-electron chi connectivity index (χ1n) is 4.79. The van der Waals surface area contributed by atoms with Crippen molar-refractivity contribution >= 4 is 15.9 Å². The van der Waals surface area contributed by atoms with Crippen molar-refractivity contribution in [1.29, 1.82) is 0 Å². The minimum atomic E-state index is -3.50. The van der Waals surface area contributed by atoms with Crippen molar-refractivity contribution in [1.82, 2.24) is 0 Å². The van der Waals surface area contributed by atoms with Crippen molar-refractivity contribution < 1.29 is 17.4 Å². The average Bonchev–Trinajstić information content (AvgIpc) is 2.60. The summed E-state index contributed by atoms with van der Waals surface area (Å²) >= 11 is 0. The minimum absolute atomic E-state index is 0.119. The number of rotatable bonds is 3. The summed E-state index contributed by atoms with van der Waals surface area (Å²) < 4.78 is 27.0. The average molecular weight is 218 g/mol. The Labute approximate surface area is 83.8 Å². The molecule has 14 heavy (non-hydrogen) atoms. The molecule has 0 amide bonds. The van der Waals surface area contributed by atoms with E-state index in [1.54, 1.807) is 0 Å². The van der Waals surface area contributed by atoms with Crippen LogP contribution in [0.4, 0.5) is 0 Å². The zero-order valence-electron chi connectivity index (χ0n) is 8.15. The van der Waals surface area contributed by atoms with Crippen LogP contribution >= 0.6 is 0 Å². The second-order valence-corrected chi connectivity index (χ2v) is 6.12. The Kier molecular flexibility index (Phi) is 2.19. The molecular formula is C9H14O4S. The molecule has 4 nitrogen and oxygen atoms in total. The molecule has 2 saturated carbocycles. The van der Waals surface area contributed by atoms with Gasteiger partial charge in [0.15, 0.2) is 0 Å². The van der Waals surface area contributed by atoms with E-state index in [1.807, 2.05) is 0 Å². The van der Waals surface area contributed by atoms with Gasteiger partial charge < -0.3 is 0 Å². The number of carbonyl (C=O) groups excluding carboxylic acids is 1. The molecule has 0 aromatic heterocycles. The molecule has 0 spiro atoms. The molecular weight excluding hydrogens is 204 g/mol. The first-order chi connectivity index (χ1) is 6.47. The molecule has 5 heteroatoms. The number of carbonyl (C=O) groups is 1. The van der Waals surface area contributed by atoms with Gasteiger partial charge in [0.05, 0.1) is 12.9 Å². The minimum Gasteiger partial charge on any atom is -0.299 e. The van der Waals surface area contributed by atoms with Crippen LogP contribution in [0, 0.1) is 11.3 Å². The highest BCUT2D eigenvalue weighted by Gasteiger charge is 2.53. The Morgan fingerprint density at radius 2 is 2.29 bits per heavy atom. The van der Waals surface area contributed by atoms with Gasteiger partial charge in [0.1, 0.15) is 5.78 Å². The van der Waals surface area contributed by atoms with E-state index in [-0.39, 0.29) is 11.5 Å². The van der Waals surface area contributed by atoms with Crippen molar-refractivity contribution in [3.05, 3.63) is 0 Å². The molecule has 0 N–H and O–H groups in total. The van der Waals surface area contributed by atoms with Gasteiger partial charge in [-0.05, 0) is 25.2 Å². The van der Waals surface area contributed by atoms with Crippen molar-refractivity contribution in [2.75, 3.05) is 12.9 Å². The number of hydrogen-bond donors (Lipinski definition) is 0. The molecule has 2 bridgehead atoms. The third-order valence-corrected chi connectivity index (χ3v) is 4.90. The summed E-state index contributed by atoms with van der Waals surface area (Å²) in [5, 5.41) is 0. The standard InChI is InChI=1S/C9H14O4S/c1-13-14(11,12)6-9-3-2-7(5-9)4-8(9)10/h7H,2-6H2,1H3. The lowest BCUT2D eigenvalue weighted by molar-refractivity contribution is -0.125. The van der Waals surface area contributed by atoms with Gasteiger partial charge >= 0.3 is 0 Å². The van der Waals surface area contributed by atoms with Crippen LogP contribution in [0.1, 0.15) is 25.7 Å². The zero-order valence-corrected chi connectivity index (χ0v) is 8.97. The van der Waals surface area contributed by atoms with E-state index in [0.717, 1.165) is 26.4 Å². The Balaban J connectivity index is 2.21. The summed E-state index contributed by atoms with van der Waals surface area (Å²) in [6.45, 7) is 0. The van der Waals surface area contributed by atoms with Crippen LogP contribution in [-0.2, 0) is 19.1 Å². The number of fused-ring (bicyclic) bond motifs is 2. The highest BCUT2D eigenvalue weighted by atomic mass is 32.2. The summed E-state index contributed by atoms with van der Waals surface area (Å²) in [6.07, 6.45) is 3.03. The normalized spacial score (nSPS) is 36.6. The van der Waals surface area contributed by atoms with E-state index >= 15 is 0 Å². The fourth-order valence-electron chi connectivity index (χ4n) is 2.75. The maximum absolute atomic E-state index is 11.6. The molecule has 0 saturated heterocycles. The van der Waals surface area contributed by atoms with Gasteiger partial charge in [0.2, 0.25) is 0 Å². The Morgan fingerprint density at radius 3 is 2.71 bits per heavy atom. The molecule has 2 aliphatic carbocycles. The lowest BCUT2D eigenvalue weighted by Gasteiger charge is -2.23. The van der Waals surface area contributed by atoms with E-state index in [1.165, 1.54) is 0 Å². The van der Waals surface area contributed by atoms with Crippen LogP contribution in [0.2, 0.25) is 0 Å². The van der Waals surface area contributed by atoms with Crippen molar-refractivity contribution in [3.8, 4) is 0 Å². The molecule has 2 rings (SSSR count). The quantitative estimate of drug-likeness (QED) is 0.655. The summed E-state index contributed by atoms with van der Waals surface area (Å²) in [5.41, 5.74) is -0.598. The largest absolute Gasteiger partial charge is 0.299 e. The molecule has 2 unspecified atom stereocenters.